The first-order valence-electron chi connectivity index (χ1n) is 17.1. The predicted octanol–water partition coefficient (Wildman–Crippen LogP) is 10.4. The minimum atomic E-state index is -0.301. The van der Waals surface area contributed by atoms with E-state index in [1.54, 1.807) is 0 Å². The van der Waals surface area contributed by atoms with E-state index < -0.39 is 0 Å². The van der Waals surface area contributed by atoms with Crippen LogP contribution in [-0.2, 0) is 6.54 Å². The summed E-state index contributed by atoms with van der Waals surface area (Å²) in [5.74, 6) is 0. The zero-order valence-corrected chi connectivity index (χ0v) is 26.9. The van der Waals surface area contributed by atoms with Gasteiger partial charge in [0.2, 0.25) is 0 Å². The summed E-state index contributed by atoms with van der Waals surface area (Å²) in [6.45, 7) is 9.45. The van der Waals surface area contributed by atoms with Gasteiger partial charge in [0.1, 0.15) is 12.1 Å². The van der Waals surface area contributed by atoms with Crippen LogP contribution in [0.2, 0.25) is 0 Å². The van der Waals surface area contributed by atoms with E-state index in [-0.39, 0.29) is 5.63 Å². The van der Waals surface area contributed by atoms with Crippen LogP contribution in [0.4, 0.5) is 5.69 Å². The maximum Gasteiger partial charge on any atom is 0.343 e. The fourth-order valence-electron chi connectivity index (χ4n) is 5.78. The van der Waals surface area contributed by atoms with Crippen molar-refractivity contribution >= 4 is 28.8 Å². The van der Waals surface area contributed by atoms with Crippen LogP contribution in [0.25, 0.3) is 23.1 Å². The number of pyridine rings is 1. The number of aromatic nitrogens is 1. The molecule has 0 N–H and O–H groups in total. The molecule has 3 aromatic rings. The van der Waals surface area contributed by atoms with Gasteiger partial charge in [-0.05, 0) is 50.1 Å². The van der Waals surface area contributed by atoms with Crippen molar-refractivity contribution in [1.82, 2.24) is 0 Å². The number of unbranched alkanes of at least 4 members (excludes halogenated alkanes) is 15. The van der Waals surface area contributed by atoms with Gasteiger partial charge in [0.25, 0.3) is 0 Å². The molecule has 0 amide bonds. The van der Waals surface area contributed by atoms with Crippen molar-refractivity contribution in [3.8, 4) is 0 Å². The molecule has 0 saturated carbocycles. The van der Waals surface area contributed by atoms with Gasteiger partial charge < -0.3 is 9.32 Å². The molecule has 0 saturated heterocycles. The largest absolute Gasteiger partial charge is 0.422 e. The minimum absolute atomic E-state index is 0.301. The average Bonchev–Trinajstić information content (AvgIpc) is 3.01. The molecule has 0 radical (unpaired) electrons. The third kappa shape index (κ3) is 12.2. The van der Waals surface area contributed by atoms with Gasteiger partial charge in [-0.25, -0.2) is 9.36 Å². The summed E-state index contributed by atoms with van der Waals surface area (Å²) < 4.78 is 7.93. The van der Waals surface area contributed by atoms with Crippen LogP contribution in [0.15, 0.2) is 58.0 Å². The van der Waals surface area contributed by atoms with Crippen LogP contribution < -0.4 is 15.1 Å². The Bertz CT molecular complexity index is 1220. The first-order chi connectivity index (χ1) is 20.6. The van der Waals surface area contributed by atoms with Gasteiger partial charge >= 0.3 is 5.63 Å². The van der Waals surface area contributed by atoms with Crippen molar-refractivity contribution in [2.24, 2.45) is 0 Å². The first kappa shape index (κ1) is 33.6. The fourth-order valence-corrected chi connectivity index (χ4v) is 5.78. The second-order valence-corrected chi connectivity index (χ2v) is 11.9. The molecule has 0 aliphatic rings. The number of benzene rings is 1. The molecule has 0 unspecified atom stereocenters. The van der Waals surface area contributed by atoms with E-state index in [1.165, 1.54) is 103 Å². The van der Waals surface area contributed by atoms with Crippen LogP contribution in [0.3, 0.4) is 0 Å². The third-order valence-electron chi connectivity index (χ3n) is 8.52. The lowest BCUT2D eigenvalue weighted by atomic mass is 10.0. The molecular weight excluding hydrogens is 516 g/mol. The van der Waals surface area contributed by atoms with Crippen molar-refractivity contribution in [2.75, 3.05) is 18.0 Å². The van der Waals surface area contributed by atoms with Crippen LogP contribution in [-0.4, -0.2) is 13.1 Å². The van der Waals surface area contributed by atoms with Crippen molar-refractivity contribution in [3.05, 3.63) is 70.3 Å². The maximum atomic E-state index is 12.6. The number of hydrogen-bond donors (Lipinski definition) is 0. The highest BCUT2D eigenvalue weighted by atomic mass is 16.4. The highest BCUT2D eigenvalue weighted by Crippen LogP contribution is 2.22. The van der Waals surface area contributed by atoms with E-state index >= 15 is 0 Å². The number of anilines is 1. The van der Waals surface area contributed by atoms with Gasteiger partial charge in [0.15, 0.2) is 12.4 Å². The Balaban J connectivity index is 1.29. The van der Waals surface area contributed by atoms with Gasteiger partial charge in [0, 0.05) is 48.8 Å². The second kappa shape index (κ2) is 20.1. The summed E-state index contributed by atoms with van der Waals surface area (Å²) in [6, 6.07) is 12.2. The molecule has 0 bridgehead atoms. The standard InChI is InChI=1S/C38H57N2O2/c1-4-7-8-9-10-11-12-13-14-15-16-17-18-19-20-21-28-39-29-26-33(27-30-39)22-23-35-31-34-24-25-36(40(5-2)6-3)32-37(34)42-38(35)41/h22-27,29-32H,4-21,28H2,1-3H3/q+1. The Morgan fingerprint density at radius 2 is 1.21 bits per heavy atom. The molecule has 4 heteroatoms. The number of aryl methyl sites for hydroxylation is 1. The average molecular weight is 574 g/mol. The van der Waals surface area contributed by atoms with Crippen molar-refractivity contribution in [2.45, 2.75) is 130 Å². The SMILES string of the molecule is CCCCCCCCCCCCCCCCCC[n+]1ccc(/C=C/c2cc3ccc(N(CC)CC)cc3oc2=O)cc1. The van der Waals surface area contributed by atoms with Gasteiger partial charge in [-0.1, -0.05) is 103 Å². The number of nitrogens with zero attached hydrogens (tertiary/aromatic N) is 2. The highest BCUT2D eigenvalue weighted by Gasteiger charge is 2.08. The van der Waals surface area contributed by atoms with Crippen molar-refractivity contribution in [1.29, 1.82) is 0 Å². The van der Waals surface area contributed by atoms with Gasteiger partial charge in [-0.15, -0.1) is 0 Å². The molecule has 42 heavy (non-hydrogen) atoms. The minimum Gasteiger partial charge on any atom is -0.422 e. The van der Waals surface area contributed by atoms with E-state index in [1.807, 2.05) is 30.4 Å². The predicted molar refractivity (Wildman–Crippen MR) is 181 cm³/mol. The smallest absolute Gasteiger partial charge is 0.343 e. The van der Waals surface area contributed by atoms with Gasteiger partial charge in [-0.3, -0.25) is 0 Å². The van der Waals surface area contributed by atoms with Crippen molar-refractivity contribution in [3.63, 3.8) is 0 Å². The summed E-state index contributed by atoms with van der Waals surface area (Å²) in [7, 11) is 0. The topological polar surface area (TPSA) is 37.3 Å². The van der Waals surface area contributed by atoms with E-state index in [9.17, 15) is 4.79 Å². The monoisotopic (exact) mass is 573 g/mol. The third-order valence-corrected chi connectivity index (χ3v) is 8.52. The zero-order chi connectivity index (χ0) is 29.8. The second-order valence-electron chi connectivity index (χ2n) is 11.9. The number of hydrogen-bond acceptors (Lipinski definition) is 3. The Hall–Kier alpha value is -2.88. The number of rotatable bonds is 22. The quantitative estimate of drug-likeness (QED) is 0.0681. The Kier molecular flexibility index (Phi) is 16.1. The van der Waals surface area contributed by atoms with Crippen LogP contribution >= 0.6 is 0 Å². The molecule has 4 nitrogen and oxygen atoms in total. The lowest BCUT2D eigenvalue weighted by Crippen LogP contribution is -2.32. The van der Waals surface area contributed by atoms with E-state index in [2.05, 4.69) is 60.8 Å². The molecule has 1 aromatic carbocycles. The molecule has 0 spiro atoms. The zero-order valence-electron chi connectivity index (χ0n) is 26.9. The van der Waals surface area contributed by atoms with E-state index in [0.29, 0.717) is 11.1 Å². The van der Waals surface area contributed by atoms with E-state index in [0.717, 1.165) is 36.3 Å². The molecule has 230 valence electrons. The summed E-state index contributed by atoms with van der Waals surface area (Å²) in [4.78, 5) is 14.9. The maximum absolute atomic E-state index is 12.6. The van der Waals surface area contributed by atoms with Crippen LogP contribution in [0.1, 0.15) is 135 Å². The molecule has 0 atom stereocenters. The molecule has 2 aromatic heterocycles. The fraction of sp³-hybridized carbons (Fsp3) is 0.579. The Labute approximate surface area is 255 Å². The first-order valence-corrected chi connectivity index (χ1v) is 17.1. The van der Waals surface area contributed by atoms with Gasteiger partial charge in [-0.2, -0.15) is 0 Å². The molecule has 2 heterocycles. The molecule has 0 aliphatic heterocycles. The molecule has 0 fully saturated rings. The molecular formula is C38H57N2O2+. The molecule has 3 rings (SSSR count). The lowest BCUT2D eigenvalue weighted by Gasteiger charge is -2.20. The summed E-state index contributed by atoms with van der Waals surface area (Å²) in [5.41, 5.74) is 3.06. The Morgan fingerprint density at radius 3 is 1.76 bits per heavy atom. The highest BCUT2D eigenvalue weighted by molar-refractivity contribution is 5.83. The van der Waals surface area contributed by atoms with Gasteiger partial charge in [0.05, 0.1) is 5.56 Å². The van der Waals surface area contributed by atoms with Crippen molar-refractivity contribution < 1.29 is 8.98 Å². The van der Waals surface area contributed by atoms with E-state index in [4.69, 9.17) is 4.42 Å². The van der Waals surface area contributed by atoms with Crippen LogP contribution in [0.5, 0.6) is 0 Å². The summed E-state index contributed by atoms with van der Waals surface area (Å²) >= 11 is 0. The summed E-state index contributed by atoms with van der Waals surface area (Å²) in [6.07, 6.45) is 30.5. The lowest BCUT2D eigenvalue weighted by molar-refractivity contribution is -0.697. The summed E-state index contributed by atoms with van der Waals surface area (Å²) in [5, 5.41) is 0.940. The Morgan fingerprint density at radius 1 is 0.667 bits per heavy atom. The number of fused-ring (bicyclic) bond motifs is 1. The normalized spacial score (nSPS) is 11.6. The van der Waals surface area contributed by atoms with Crippen LogP contribution in [0, 0.1) is 0 Å². The molecule has 0 aliphatic carbocycles.